The van der Waals surface area contributed by atoms with Gasteiger partial charge in [0.15, 0.2) is 0 Å². The van der Waals surface area contributed by atoms with Crippen molar-refractivity contribution in [3.05, 3.63) is 70.7 Å². The first kappa shape index (κ1) is 17.2. The zero-order valence-electron chi connectivity index (χ0n) is 14.8. The van der Waals surface area contributed by atoms with Gasteiger partial charge in [-0.05, 0) is 29.7 Å². The summed E-state index contributed by atoms with van der Waals surface area (Å²) in [5.74, 6) is 0.841. The van der Waals surface area contributed by atoms with Crippen LogP contribution in [0, 0.1) is 0 Å². The molecule has 0 fully saturated rings. The van der Waals surface area contributed by atoms with Crippen molar-refractivity contribution < 1.29 is 9.84 Å². The predicted octanol–water partition coefficient (Wildman–Crippen LogP) is 3.91. The maximum absolute atomic E-state index is 9.96. The van der Waals surface area contributed by atoms with Gasteiger partial charge in [0.05, 0.1) is 31.0 Å². The van der Waals surface area contributed by atoms with E-state index < -0.39 is 0 Å². The summed E-state index contributed by atoms with van der Waals surface area (Å²) in [6.45, 7) is 1.80. The largest absolute Gasteiger partial charge is 0.496 e. The maximum atomic E-state index is 9.96. The molecule has 0 spiro atoms. The summed E-state index contributed by atoms with van der Waals surface area (Å²) < 4.78 is 5.46. The number of thiazole rings is 1. The molecule has 2 aromatic carbocycles. The third kappa shape index (κ3) is 3.26. The predicted molar refractivity (Wildman–Crippen MR) is 104 cm³/mol. The van der Waals surface area contributed by atoms with E-state index in [0.717, 1.165) is 41.5 Å². The van der Waals surface area contributed by atoms with E-state index in [-0.39, 0.29) is 12.6 Å². The second-order valence-electron chi connectivity index (χ2n) is 6.46. The fraction of sp³-hybridized carbons (Fsp3) is 0.286. The molecule has 5 heteroatoms. The molecule has 0 saturated heterocycles. The van der Waals surface area contributed by atoms with Crippen LogP contribution in [-0.4, -0.2) is 35.3 Å². The quantitative estimate of drug-likeness (QED) is 0.744. The minimum absolute atomic E-state index is 0.0383. The van der Waals surface area contributed by atoms with Crippen molar-refractivity contribution in [2.75, 3.05) is 20.3 Å². The van der Waals surface area contributed by atoms with Gasteiger partial charge in [0.2, 0.25) is 0 Å². The van der Waals surface area contributed by atoms with E-state index in [4.69, 9.17) is 9.72 Å². The number of nitrogens with zero attached hydrogens (tertiary/aromatic N) is 2. The Morgan fingerprint density at radius 3 is 2.85 bits per heavy atom. The molecule has 0 unspecified atom stereocenters. The number of aromatic nitrogens is 1. The van der Waals surface area contributed by atoms with Crippen LogP contribution in [0.4, 0.5) is 0 Å². The number of methoxy groups -OCH3 is 1. The third-order valence-corrected chi connectivity index (χ3v) is 5.87. The molecule has 1 aliphatic rings. The number of aliphatic hydroxyl groups excluding tert-OH is 1. The summed E-state index contributed by atoms with van der Waals surface area (Å²) >= 11 is 1.63. The molecule has 0 radical (unpaired) electrons. The molecule has 3 aromatic rings. The topological polar surface area (TPSA) is 45.6 Å². The highest BCUT2D eigenvalue weighted by molar-refractivity contribution is 7.13. The summed E-state index contributed by atoms with van der Waals surface area (Å²) in [5, 5.41) is 13.0. The molecular formula is C21H22N2O2S. The second-order valence-corrected chi connectivity index (χ2v) is 7.32. The zero-order chi connectivity index (χ0) is 17.9. The molecule has 1 atom stereocenters. The Kier molecular flexibility index (Phi) is 5.02. The van der Waals surface area contributed by atoms with Crippen LogP contribution in [0.2, 0.25) is 0 Å². The SMILES string of the molecule is COc1ccccc1-c1nc(CN2CCc3ccccc3[C@H]2CO)cs1. The molecule has 0 saturated carbocycles. The number of para-hydroxylation sites is 1. The standard InChI is InChI=1S/C21H22N2O2S/c1-25-20-9-5-4-8-18(20)21-22-16(14-26-21)12-23-11-10-15-6-2-3-7-17(15)19(23)13-24/h2-9,14,19,24H,10-13H2,1H3/t19-/m1/s1. The number of benzene rings is 2. The first-order chi connectivity index (χ1) is 12.8. The molecule has 134 valence electrons. The van der Waals surface area contributed by atoms with E-state index >= 15 is 0 Å². The smallest absolute Gasteiger partial charge is 0.129 e. The fourth-order valence-corrected chi connectivity index (χ4v) is 4.48. The number of hydrogen-bond donors (Lipinski definition) is 1. The Bertz CT molecular complexity index is 893. The Labute approximate surface area is 157 Å². The van der Waals surface area contributed by atoms with E-state index in [1.165, 1.54) is 11.1 Å². The molecule has 0 aliphatic carbocycles. The molecule has 0 amide bonds. The van der Waals surface area contributed by atoms with Gasteiger partial charge in [-0.15, -0.1) is 11.3 Å². The normalized spacial score (nSPS) is 17.1. The van der Waals surface area contributed by atoms with Gasteiger partial charge in [0.1, 0.15) is 10.8 Å². The molecule has 26 heavy (non-hydrogen) atoms. The van der Waals surface area contributed by atoms with E-state index in [9.17, 15) is 5.11 Å². The maximum Gasteiger partial charge on any atom is 0.129 e. The monoisotopic (exact) mass is 366 g/mol. The highest BCUT2D eigenvalue weighted by atomic mass is 32.1. The number of fused-ring (bicyclic) bond motifs is 1. The summed E-state index contributed by atoms with van der Waals surface area (Å²) in [4.78, 5) is 7.15. The van der Waals surface area contributed by atoms with Gasteiger partial charge < -0.3 is 9.84 Å². The summed E-state index contributed by atoms with van der Waals surface area (Å²) in [5.41, 5.74) is 4.64. The number of aliphatic hydroxyl groups is 1. The highest BCUT2D eigenvalue weighted by Gasteiger charge is 2.27. The average Bonchev–Trinajstić information content (AvgIpc) is 3.16. The molecule has 4 nitrogen and oxygen atoms in total. The summed E-state index contributed by atoms with van der Waals surface area (Å²) in [6.07, 6.45) is 1.01. The molecule has 1 aliphatic heterocycles. The van der Waals surface area contributed by atoms with Crippen LogP contribution >= 0.6 is 11.3 Å². The van der Waals surface area contributed by atoms with Crippen molar-refractivity contribution in [1.29, 1.82) is 0 Å². The van der Waals surface area contributed by atoms with Gasteiger partial charge in [0.25, 0.3) is 0 Å². The fourth-order valence-electron chi connectivity index (χ4n) is 3.64. The van der Waals surface area contributed by atoms with Gasteiger partial charge >= 0.3 is 0 Å². The van der Waals surface area contributed by atoms with Crippen LogP contribution in [0.15, 0.2) is 53.9 Å². The van der Waals surface area contributed by atoms with Crippen molar-refractivity contribution >= 4 is 11.3 Å². The van der Waals surface area contributed by atoms with E-state index in [0.29, 0.717) is 0 Å². The lowest BCUT2D eigenvalue weighted by molar-refractivity contribution is 0.107. The molecule has 2 heterocycles. The van der Waals surface area contributed by atoms with Crippen LogP contribution in [0.5, 0.6) is 5.75 Å². The van der Waals surface area contributed by atoms with Crippen molar-refractivity contribution in [1.82, 2.24) is 9.88 Å². The lowest BCUT2D eigenvalue weighted by atomic mass is 9.93. The summed E-state index contributed by atoms with van der Waals surface area (Å²) in [6, 6.07) is 16.4. The number of ether oxygens (including phenoxy) is 1. The summed E-state index contributed by atoms with van der Waals surface area (Å²) in [7, 11) is 1.68. The van der Waals surface area contributed by atoms with Crippen LogP contribution in [0.3, 0.4) is 0 Å². The minimum atomic E-state index is 0.0383. The molecule has 1 aromatic heterocycles. The van der Waals surface area contributed by atoms with Crippen LogP contribution in [0.1, 0.15) is 22.9 Å². The first-order valence-corrected chi connectivity index (χ1v) is 9.68. The van der Waals surface area contributed by atoms with E-state index in [1.807, 2.05) is 30.3 Å². The van der Waals surface area contributed by atoms with Crippen molar-refractivity contribution in [3.63, 3.8) is 0 Å². The molecule has 0 bridgehead atoms. The molecule has 1 N–H and O–H groups in total. The zero-order valence-corrected chi connectivity index (χ0v) is 15.6. The molecule has 4 rings (SSSR count). The van der Waals surface area contributed by atoms with Gasteiger partial charge in [-0.3, -0.25) is 4.90 Å². The van der Waals surface area contributed by atoms with E-state index in [1.54, 1.807) is 18.4 Å². The van der Waals surface area contributed by atoms with E-state index in [2.05, 4.69) is 28.5 Å². The first-order valence-electron chi connectivity index (χ1n) is 8.80. The number of rotatable bonds is 5. The minimum Gasteiger partial charge on any atom is -0.496 e. The van der Waals surface area contributed by atoms with Crippen LogP contribution in [0.25, 0.3) is 10.6 Å². The van der Waals surface area contributed by atoms with Gasteiger partial charge in [0, 0.05) is 18.5 Å². The van der Waals surface area contributed by atoms with Gasteiger partial charge in [-0.2, -0.15) is 0 Å². The Morgan fingerprint density at radius 1 is 1.19 bits per heavy atom. The average molecular weight is 366 g/mol. The van der Waals surface area contributed by atoms with Gasteiger partial charge in [-0.25, -0.2) is 4.98 Å². The van der Waals surface area contributed by atoms with Crippen LogP contribution < -0.4 is 4.74 Å². The van der Waals surface area contributed by atoms with Gasteiger partial charge in [-0.1, -0.05) is 36.4 Å². The number of hydrogen-bond acceptors (Lipinski definition) is 5. The van der Waals surface area contributed by atoms with Crippen molar-refractivity contribution in [2.45, 2.75) is 19.0 Å². The lowest BCUT2D eigenvalue weighted by Crippen LogP contribution is -2.36. The second kappa shape index (κ2) is 7.58. The lowest BCUT2D eigenvalue weighted by Gasteiger charge is -2.35. The third-order valence-electron chi connectivity index (χ3n) is 4.95. The molecular weight excluding hydrogens is 344 g/mol. The van der Waals surface area contributed by atoms with Crippen LogP contribution in [-0.2, 0) is 13.0 Å². The Balaban J connectivity index is 1.56. The van der Waals surface area contributed by atoms with Crippen molar-refractivity contribution in [2.24, 2.45) is 0 Å². The van der Waals surface area contributed by atoms with Crippen molar-refractivity contribution in [3.8, 4) is 16.3 Å². The Hall–Kier alpha value is -2.21. The Morgan fingerprint density at radius 2 is 2.00 bits per heavy atom. The highest BCUT2D eigenvalue weighted by Crippen LogP contribution is 2.34.